The Kier molecular flexibility index (Phi) is 13.1. The fourth-order valence-electron chi connectivity index (χ4n) is 3.66. The molecule has 0 aliphatic heterocycles. The zero-order chi connectivity index (χ0) is 20.8. The van der Waals surface area contributed by atoms with Gasteiger partial charge in [0.1, 0.15) is 0 Å². The summed E-state index contributed by atoms with van der Waals surface area (Å²) in [7, 11) is 6.48. The number of ether oxygens (including phenoxy) is 4. The zero-order valence-electron chi connectivity index (χ0n) is 18.0. The van der Waals surface area contributed by atoms with Crippen LogP contribution in [0.4, 0.5) is 0 Å². The third-order valence-corrected chi connectivity index (χ3v) is 5.29. The lowest BCUT2D eigenvalue weighted by Gasteiger charge is -2.36. The van der Waals surface area contributed by atoms with Crippen LogP contribution in [0.25, 0.3) is 0 Å². The number of hydrogen-bond donors (Lipinski definition) is 0. The van der Waals surface area contributed by atoms with Crippen molar-refractivity contribution in [1.82, 2.24) is 9.80 Å². The Morgan fingerprint density at radius 1 is 0.643 bits per heavy atom. The lowest BCUT2D eigenvalue weighted by atomic mass is 9.77. The summed E-state index contributed by atoms with van der Waals surface area (Å²) in [4.78, 5) is 30.1. The normalized spacial score (nSPS) is 19.4. The van der Waals surface area contributed by atoms with Gasteiger partial charge in [0.05, 0.1) is 26.4 Å². The topological polar surface area (TPSA) is 77.5 Å². The van der Waals surface area contributed by atoms with Crippen LogP contribution in [0.3, 0.4) is 0 Å². The minimum atomic E-state index is -0.289. The first-order valence-electron chi connectivity index (χ1n) is 10.1. The maximum atomic E-state index is 13.3. The first-order chi connectivity index (χ1) is 13.6. The van der Waals surface area contributed by atoms with Gasteiger partial charge in [-0.25, -0.2) is 0 Å². The predicted molar refractivity (Wildman–Crippen MR) is 106 cm³/mol. The number of carbonyl (C=O) groups excluding carboxylic acids is 2. The molecule has 0 aromatic rings. The Balaban J connectivity index is 2.90. The average molecular weight is 403 g/mol. The van der Waals surface area contributed by atoms with Crippen molar-refractivity contribution in [2.45, 2.75) is 25.7 Å². The molecule has 2 amide bonds. The van der Waals surface area contributed by atoms with Crippen molar-refractivity contribution in [1.29, 1.82) is 0 Å². The van der Waals surface area contributed by atoms with E-state index in [4.69, 9.17) is 18.9 Å². The van der Waals surface area contributed by atoms with Gasteiger partial charge in [0.2, 0.25) is 11.8 Å². The minimum Gasteiger partial charge on any atom is -0.383 e. The summed E-state index contributed by atoms with van der Waals surface area (Å²) < 4.78 is 20.6. The van der Waals surface area contributed by atoms with E-state index < -0.39 is 0 Å². The van der Waals surface area contributed by atoms with E-state index in [-0.39, 0.29) is 23.7 Å². The molecule has 1 aliphatic rings. The highest BCUT2D eigenvalue weighted by Gasteiger charge is 2.39. The van der Waals surface area contributed by atoms with E-state index in [9.17, 15) is 9.59 Å². The number of carbonyl (C=O) groups is 2. The molecule has 0 saturated heterocycles. The maximum Gasteiger partial charge on any atom is 0.226 e. The molecule has 0 heterocycles. The maximum absolute atomic E-state index is 13.3. The number of hydrogen-bond acceptors (Lipinski definition) is 6. The molecule has 0 N–H and O–H groups in total. The quantitative estimate of drug-likeness (QED) is 0.432. The zero-order valence-corrected chi connectivity index (χ0v) is 18.0. The van der Waals surface area contributed by atoms with Crippen molar-refractivity contribution < 1.29 is 28.5 Å². The third-order valence-electron chi connectivity index (χ3n) is 5.29. The molecule has 28 heavy (non-hydrogen) atoms. The summed E-state index contributed by atoms with van der Waals surface area (Å²) >= 11 is 0. The molecule has 2 atom stereocenters. The summed E-state index contributed by atoms with van der Waals surface area (Å²) in [5.41, 5.74) is 0. The van der Waals surface area contributed by atoms with Gasteiger partial charge in [0.15, 0.2) is 0 Å². The summed E-state index contributed by atoms with van der Waals surface area (Å²) in [5.74, 6) is -0.513. The summed E-state index contributed by atoms with van der Waals surface area (Å²) in [5, 5.41) is 0. The number of rotatable bonds is 14. The lowest BCUT2D eigenvalue weighted by Crippen LogP contribution is -2.49. The van der Waals surface area contributed by atoms with Crippen LogP contribution in [0, 0.1) is 11.8 Å². The Hall–Kier alpha value is -1.22. The summed E-state index contributed by atoms with van der Waals surface area (Å²) in [6.07, 6.45) is 3.43. The van der Waals surface area contributed by atoms with Gasteiger partial charge in [0, 0.05) is 66.5 Å². The molecule has 0 bridgehead atoms. The second-order valence-corrected chi connectivity index (χ2v) is 7.12. The van der Waals surface area contributed by atoms with Gasteiger partial charge in [-0.2, -0.15) is 0 Å². The number of amides is 2. The van der Waals surface area contributed by atoms with Crippen LogP contribution in [0.5, 0.6) is 0 Å². The monoisotopic (exact) mass is 402 g/mol. The highest BCUT2D eigenvalue weighted by atomic mass is 16.5. The van der Waals surface area contributed by atoms with Crippen molar-refractivity contribution >= 4 is 11.8 Å². The largest absolute Gasteiger partial charge is 0.383 e. The highest BCUT2D eigenvalue weighted by molar-refractivity contribution is 5.88. The number of methoxy groups -OCH3 is 4. The van der Waals surface area contributed by atoms with Gasteiger partial charge in [-0.15, -0.1) is 0 Å². The van der Waals surface area contributed by atoms with Crippen molar-refractivity contribution in [3.8, 4) is 0 Å². The molecule has 0 spiro atoms. The van der Waals surface area contributed by atoms with Gasteiger partial charge in [-0.3, -0.25) is 9.59 Å². The molecule has 1 fully saturated rings. The van der Waals surface area contributed by atoms with Crippen molar-refractivity contribution in [2.75, 3.05) is 81.0 Å². The van der Waals surface area contributed by atoms with E-state index in [0.717, 1.165) is 25.7 Å². The highest BCUT2D eigenvalue weighted by Crippen LogP contribution is 2.33. The standard InChI is InChI=1S/C20H38N2O6/c1-25-13-9-21(10-14-26-2)19(23)17-7-5-6-8-18(17)20(24)22(11-15-27-3)12-16-28-4/h17-18H,5-16H2,1-4H3. The van der Waals surface area contributed by atoms with E-state index in [1.807, 2.05) is 0 Å². The Labute approximate surface area is 169 Å². The van der Waals surface area contributed by atoms with Crippen molar-refractivity contribution in [3.63, 3.8) is 0 Å². The van der Waals surface area contributed by atoms with Crippen LogP contribution < -0.4 is 0 Å². The summed E-state index contributed by atoms with van der Waals surface area (Å²) in [6.45, 7) is 3.90. The molecule has 1 aliphatic carbocycles. The minimum absolute atomic E-state index is 0.0329. The van der Waals surface area contributed by atoms with Crippen LogP contribution in [-0.2, 0) is 28.5 Å². The van der Waals surface area contributed by atoms with E-state index >= 15 is 0 Å². The smallest absolute Gasteiger partial charge is 0.226 e. The second-order valence-electron chi connectivity index (χ2n) is 7.12. The molecule has 1 rings (SSSR count). The third kappa shape index (κ3) is 8.03. The molecule has 0 radical (unpaired) electrons. The molecule has 2 unspecified atom stereocenters. The second kappa shape index (κ2) is 14.7. The molecule has 8 nitrogen and oxygen atoms in total. The van der Waals surface area contributed by atoms with Gasteiger partial charge in [-0.1, -0.05) is 12.8 Å². The van der Waals surface area contributed by atoms with E-state index in [1.165, 1.54) is 0 Å². The Morgan fingerprint density at radius 2 is 0.929 bits per heavy atom. The summed E-state index contributed by atoms with van der Waals surface area (Å²) in [6, 6.07) is 0. The SMILES string of the molecule is COCCN(CCOC)C(=O)C1CCCCC1C(=O)N(CCOC)CCOC. The van der Waals surface area contributed by atoms with Crippen LogP contribution >= 0.6 is 0 Å². The van der Waals surface area contributed by atoms with E-state index in [1.54, 1.807) is 38.2 Å². The van der Waals surface area contributed by atoms with Crippen LogP contribution in [-0.4, -0.2) is 103 Å². The fraction of sp³-hybridized carbons (Fsp3) is 0.900. The molecule has 1 saturated carbocycles. The van der Waals surface area contributed by atoms with Gasteiger partial charge >= 0.3 is 0 Å². The molecule has 164 valence electrons. The average Bonchev–Trinajstić information content (AvgIpc) is 2.73. The molecule has 0 aromatic carbocycles. The molecular formula is C20H38N2O6. The van der Waals surface area contributed by atoms with E-state index in [2.05, 4.69) is 0 Å². The Morgan fingerprint density at radius 3 is 1.18 bits per heavy atom. The van der Waals surface area contributed by atoms with Crippen LogP contribution in [0.15, 0.2) is 0 Å². The van der Waals surface area contributed by atoms with Crippen molar-refractivity contribution in [3.05, 3.63) is 0 Å². The van der Waals surface area contributed by atoms with Gasteiger partial charge < -0.3 is 28.7 Å². The first-order valence-corrected chi connectivity index (χ1v) is 10.1. The molecule has 8 heteroatoms. The van der Waals surface area contributed by atoms with Crippen LogP contribution in [0.1, 0.15) is 25.7 Å². The Bertz CT molecular complexity index is 392. The van der Waals surface area contributed by atoms with E-state index in [0.29, 0.717) is 52.6 Å². The predicted octanol–water partition coefficient (Wildman–Crippen LogP) is 1.04. The van der Waals surface area contributed by atoms with Crippen LogP contribution in [0.2, 0.25) is 0 Å². The van der Waals surface area contributed by atoms with Gasteiger partial charge in [-0.05, 0) is 12.8 Å². The number of nitrogens with zero attached hydrogens (tertiary/aromatic N) is 2. The van der Waals surface area contributed by atoms with Crippen molar-refractivity contribution in [2.24, 2.45) is 11.8 Å². The fourth-order valence-corrected chi connectivity index (χ4v) is 3.66. The molecular weight excluding hydrogens is 364 g/mol. The molecule has 0 aromatic heterocycles. The first kappa shape index (κ1) is 24.8. The van der Waals surface area contributed by atoms with Gasteiger partial charge in [0.25, 0.3) is 0 Å². The lowest BCUT2D eigenvalue weighted by molar-refractivity contribution is -0.149.